The molecule has 4 rings (SSSR count). The van der Waals surface area contributed by atoms with Crippen molar-refractivity contribution in [3.63, 3.8) is 0 Å². The standard InChI is InChI=1S/C27H24ClNO5/c1-16-14-19(8-11-22(16)34-2)25(31)23-24(18-4-3-5-21(30)15-18)29(27(33)26(23)32)13-12-17-6-9-20(28)10-7-17/h3-11,14-15,24,30-31H,12-13H2,1-2H3/b25-23-. The predicted octanol–water partition coefficient (Wildman–Crippen LogP) is 5.03. The number of ether oxygens (including phenoxy) is 1. The molecule has 7 heteroatoms. The number of nitrogens with zero attached hydrogens (tertiary/aromatic N) is 1. The average Bonchev–Trinajstić information content (AvgIpc) is 3.08. The maximum Gasteiger partial charge on any atom is 0.295 e. The first kappa shape index (κ1) is 23.4. The van der Waals surface area contributed by atoms with Crippen molar-refractivity contribution in [1.82, 2.24) is 4.90 Å². The maximum atomic E-state index is 13.1. The number of aryl methyl sites for hydroxylation is 1. The molecule has 3 aromatic carbocycles. The first-order valence-electron chi connectivity index (χ1n) is 10.8. The third kappa shape index (κ3) is 4.50. The zero-order valence-corrected chi connectivity index (χ0v) is 19.5. The number of phenolic OH excluding ortho intramolecular Hbond substituents is 1. The molecule has 1 saturated heterocycles. The Labute approximate surface area is 202 Å². The van der Waals surface area contributed by atoms with Gasteiger partial charge >= 0.3 is 0 Å². The number of aromatic hydroxyl groups is 1. The van der Waals surface area contributed by atoms with Gasteiger partial charge < -0.3 is 19.8 Å². The minimum atomic E-state index is -0.846. The Morgan fingerprint density at radius 1 is 1.06 bits per heavy atom. The summed E-state index contributed by atoms with van der Waals surface area (Å²) in [6, 6.07) is 17.8. The fraction of sp³-hybridized carbons (Fsp3) is 0.185. The Morgan fingerprint density at radius 3 is 2.44 bits per heavy atom. The second kappa shape index (κ2) is 9.61. The lowest BCUT2D eigenvalue weighted by molar-refractivity contribution is -0.139. The van der Waals surface area contributed by atoms with Crippen molar-refractivity contribution in [2.75, 3.05) is 13.7 Å². The number of benzene rings is 3. The zero-order valence-electron chi connectivity index (χ0n) is 18.8. The van der Waals surface area contributed by atoms with Crippen LogP contribution in [-0.4, -0.2) is 40.5 Å². The maximum absolute atomic E-state index is 13.1. The van der Waals surface area contributed by atoms with E-state index in [0.29, 0.717) is 28.3 Å². The highest BCUT2D eigenvalue weighted by Gasteiger charge is 2.46. The van der Waals surface area contributed by atoms with Gasteiger partial charge in [0.2, 0.25) is 0 Å². The molecule has 1 aliphatic rings. The number of carbonyl (C=O) groups excluding carboxylic acids is 2. The number of Topliss-reactive ketones (excluding diaryl/α,β-unsaturated/α-hetero) is 1. The van der Waals surface area contributed by atoms with Crippen LogP contribution in [0.1, 0.15) is 28.3 Å². The number of amides is 1. The summed E-state index contributed by atoms with van der Waals surface area (Å²) in [5, 5.41) is 21.9. The largest absolute Gasteiger partial charge is 0.508 e. The van der Waals surface area contributed by atoms with Crippen LogP contribution in [0.5, 0.6) is 11.5 Å². The minimum Gasteiger partial charge on any atom is -0.508 e. The predicted molar refractivity (Wildman–Crippen MR) is 130 cm³/mol. The van der Waals surface area contributed by atoms with Crippen LogP contribution in [0.4, 0.5) is 0 Å². The highest BCUT2D eigenvalue weighted by molar-refractivity contribution is 6.46. The van der Waals surface area contributed by atoms with E-state index in [-0.39, 0.29) is 23.6 Å². The Hall–Kier alpha value is -3.77. The van der Waals surface area contributed by atoms with Crippen LogP contribution in [-0.2, 0) is 16.0 Å². The second-order valence-electron chi connectivity index (χ2n) is 8.15. The van der Waals surface area contributed by atoms with Crippen molar-refractivity contribution in [1.29, 1.82) is 0 Å². The molecule has 1 heterocycles. The highest BCUT2D eigenvalue weighted by atomic mass is 35.5. The Morgan fingerprint density at radius 2 is 1.79 bits per heavy atom. The molecule has 174 valence electrons. The van der Waals surface area contributed by atoms with Crippen LogP contribution in [0.15, 0.2) is 72.3 Å². The number of aliphatic hydroxyl groups excluding tert-OH is 1. The van der Waals surface area contributed by atoms with E-state index in [9.17, 15) is 19.8 Å². The number of hydrogen-bond donors (Lipinski definition) is 2. The van der Waals surface area contributed by atoms with Crippen LogP contribution in [0.25, 0.3) is 5.76 Å². The van der Waals surface area contributed by atoms with E-state index in [1.807, 2.05) is 19.1 Å². The molecular weight excluding hydrogens is 454 g/mol. The topological polar surface area (TPSA) is 87.1 Å². The van der Waals surface area contributed by atoms with E-state index < -0.39 is 17.7 Å². The number of carbonyl (C=O) groups is 2. The van der Waals surface area contributed by atoms with E-state index in [1.165, 1.54) is 17.0 Å². The lowest BCUT2D eigenvalue weighted by atomic mass is 9.94. The second-order valence-corrected chi connectivity index (χ2v) is 8.58. The first-order valence-corrected chi connectivity index (χ1v) is 11.1. The average molecular weight is 478 g/mol. The summed E-state index contributed by atoms with van der Waals surface area (Å²) in [7, 11) is 1.55. The van der Waals surface area contributed by atoms with Gasteiger partial charge in [0.15, 0.2) is 0 Å². The number of rotatable bonds is 6. The molecule has 1 aliphatic heterocycles. The SMILES string of the molecule is COc1ccc(/C(O)=C2/C(=O)C(=O)N(CCc3ccc(Cl)cc3)C2c2cccc(O)c2)cc1C. The molecular formula is C27H24ClNO5. The van der Waals surface area contributed by atoms with Gasteiger partial charge in [-0.2, -0.15) is 0 Å². The van der Waals surface area contributed by atoms with Crippen LogP contribution >= 0.6 is 11.6 Å². The number of halogens is 1. The molecule has 1 atom stereocenters. The first-order chi connectivity index (χ1) is 16.3. The summed E-state index contributed by atoms with van der Waals surface area (Å²) in [5.41, 5.74) is 2.64. The van der Waals surface area contributed by atoms with Gasteiger partial charge in [0.25, 0.3) is 11.7 Å². The molecule has 1 unspecified atom stereocenters. The number of aliphatic hydroxyl groups is 1. The van der Waals surface area contributed by atoms with E-state index >= 15 is 0 Å². The molecule has 2 N–H and O–H groups in total. The molecule has 1 fully saturated rings. The van der Waals surface area contributed by atoms with E-state index in [0.717, 1.165) is 11.1 Å². The van der Waals surface area contributed by atoms with Gasteiger partial charge in [0, 0.05) is 17.1 Å². The summed E-state index contributed by atoms with van der Waals surface area (Å²) >= 11 is 5.97. The molecule has 0 aliphatic carbocycles. The van der Waals surface area contributed by atoms with Gasteiger partial charge in [-0.25, -0.2) is 0 Å². The van der Waals surface area contributed by atoms with Crippen molar-refractivity contribution in [3.8, 4) is 11.5 Å². The Balaban J connectivity index is 1.78. The quantitative estimate of drug-likeness (QED) is 0.295. The Bertz CT molecular complexity index is 1280. The van der Waals surface area contributed by atoms with E-state index in [1.54, 1.807) is 49.6 Å². The van der Waals surface area contributed by atoms with E-state index in [4.69, 9.17) is 16.3 Å². The van der Waals surface area contributed by atoms with Crippen LogP contribution in [0, 0.1) is 6.92 Å². The van der Waals surface area contributed by atoms with Crippen molar-refractivity contribution in [3.05, 3.63) is 99.6 Å². The number of phenols is 1. The van der Waals surface area contributed by atoms with Crippen LogP contribution < -0.4 is 4.74 Å². The molecule has 0 bridgehead atoms. The fourth-order valence-corrected chi connectivity index (χ4v) is 4.36. The number of methoxy groups -OCH3 is 1. The lowest BCUT2D eigenvalue weighted by Crippen LogP contribution is -2.31. The Kier molecular flexibility index (Phi) is 6.61. The normalized spacial score (nSPS) is 17.3. The molecule has 34 heavy (non-hydrogen) atoms. The smallest absolute Gasteiger partial charge is 0.295 e. The summed E-state index contributed by atoms with van der Waals surface area (Å²) in [4.78, 5) is 27.7. The highest BCUT2D eigenvalue weighted by Crippen LogP contribution is 2.40. The third-order valence-corrected chi connectivity index (χ3v) is 6.20. The molecule has 0 radical (unpaired) electrons. The van der Waals surface area contributed by atoms with E-state index in [2.05, 4.69) is 0 Å². The monoisotopic (exact) mass is 477 g/mol. The molecule has 0 saturated carbocycles. The van der Waals surface area contributed by atoms with Crippen molar-refractivity contribution in [2.45, 2.75) is 19.4 Å². The van der Waals surface area contributed by atoms with Crippen LogP contribution in [0.3, 0.4) is 0 Å². The third-order valence-electron chi connectivity index (χ3n) is 5.95. The minimum absolute atomic E-state index is 0.00100. The summed E-state index contributed by atoms with van der Waals surface area (Å²) in [6.07, 6.45) is 0.487. The van der Waals surface area contributed by atoms with Crippen LogP contribution in [0.2, 0.25) is 5.02 Å². The zero-order chi connectivity index (χ0) is 24.4. The van der Waals surface area contributed by atoms with Gasteiger partial charge in [-0.3, -0.25) is 9.59 Å². The lowest BCUT2D eigenvalue weighted by Gasteiger charge is -2.25. The summed E-state index contributed by atoms with van der Waals surface area (Å²) in [6.45, 7) is 2.07. The molecule has 6 nitrogen and oxygen atoms in total. The van der Waals surface area contributed by atoms with Crippen molar-refractivity contribution >= 4 is 29.1 Å². The summed E-state index contributed by atoms with van der Waals surface area (Å²) < 4.78 is 5.28. The van der Waals surface area contributed by atoms with Gasteiger partial charge in [-0.1, -0.05) is 35.9 Å². The molecule has 0 spiro atoms. The molecule has 0 aromatic heterocycles. The van der Waals surface area contributed by atoms with Crippen molar-refractivity contribution in [2.24, 2.45) is 0 Å². The number of ketones is 1. The van der Waals surface area contributed by atoms with Gasteiger partial charge in [0.05, 0.1) is 18.7 Å². The molecule has 3 aromatic rings. The molecule has 1 amide bonds. The van der Waals surface area contributed by atoms with Crippen molar-refractivity contribution < 1.29 is 24.5 Å². The number of hydrogen-bond acceptors (Lipinski definition) is 5. The number of likely N-dealkylation sites (tertiary alicyclic amines) is 1. The van der Waals surface area contributed by atoms with Gasteiger partial charge in [-0.05, 0) is 72.5 Å². The van der Waals surface area contributed by atoms with Gasteiger partial charge in [0.1, 0.15) is 17.3 Å². The summed E-state index contributed by atoms with van der Waals surface area (Å²) in [5.74, 6) is -1.10. The van der Waals surface area contributed by atoms with Gasteiger partial charge in [-0.15, -0.1) is 0 Å². The fourth-order valence-electron chi connectivity index (χ4n) is 4.23.